The van der Waals surface area contributed by atoms with Crippen molar-refractivity contribution >= 4 is 11.8 Å². The molecule has 1 N–H and O–H groups in total. The number of hydrogen-bond acceptors (Lipinski definition) is 4. The predicted molar refractivity (Wildman–Crippen MR) is 104 cm³/mol. The molecule has 2 aliphatic rings. The van der Waals surface area contributed by atoms with Crippen LogP contribution in [0.3, 0.4) is 0 Å². The minimum Gasteiger partial charge on any atom is -0.353 e. The quantitative estimate of drug-likeness (QED) is 0.798. The first-order valence-corrected chi connectivity index (χ1v) is 10.3. The second-order valence-corrected chi connectivity index (χ2v) is 8.03. The molecule has 148 valence electrons. The summed E-state index contributed by atoms with van der Waals surface area (Å²) in [6, 6.07) is 0.371. The molecule has 1 atom stereocenters. The first-order chi connectivity index (χ1) is 12.9. The number of rotatable bonds is 7. The average molecular weight is 373 g/mol. The molecule has 1 aliphatic carbocycles. The molecule has 0 bridgehead atoms. The molecule has 1 aromatic heterocycles. The topological polar surface area (TPSA) is 75.2 Å². The summed E-state index contributed by atoms with van der Waals surface area (Å²) in [5.74, 6) is 1.46. The molecule has 6 heteroatoms. The molecule has 0 unspecified atom stereocenters. The predicted octanol–water partition coefficient (Wildman–Crippen LogP) is 2.67. The minimum absolute atomic E-state index is 0.0582. The van der Waals surface area contributed by atoms with E-state index in [9.17, 15) is 9.59 Å². The molecule has 3 rings (SSSR count). The number of carbonyl (C=O) groups excluding carboxylic acids is 2. The van der Waals surface area contributed by atoms with Gasteiger partial charge in [0.25, 0.3) is 0 Å². The average Bonchev–Trinajstić information content (AvgIpc) is 3.30. The van der Waals surface area contributed by atoms with Gasteiger partial charge in [0, 0.05) is 47.9 Å². The van der Waals surface area contributed by atoms with Crippen LogP contribution in [0.4, 0.5) is 0 Å². The van der Waals surface area contributed by atoms with Crippen LogP contribution in [0.1, 0.15) is 74.6 Å². The van der Waals surface area contributed by atoms with Gasteiger partial charge >= 0.3 is 0 Å². The van der Waals surface area contributed by atoms with Crippen molar-refractivity contribution in [2.45, 2.75) is 78.2 Å². The number of amides is 2. The number of hydrogen-bond donors (Lipinski definition) is 1. The van der Waals surface area contributed by atoms with Crippen molar-refractivity contribution in [3.63, 3.8) is 0 Å². The monoisotopic (exact) mass is 372 g/mol. The molecule has 1 aromatic rings. The minimum atomic E-state index is 0.0582. The van der Waals surface area contributed by atoms with Crippen molar-refractivity contribution in [3.05, 3.63) is 22.8 Å². The molecule has 6 nitrogen and oxygen atoms in total. The number of likely N-dealkylation sites (tertiary alicyclic amines) is 1. The van der Waals surface area contributed by atoms with Gasteiger partial charge in [-0.2, -0.15) is 0 Å². The Bertz CT molecular complexity index is 687. The Labute approximate surface area is 162 Å². The fraction of sp³-hybridized carbons (Fsp3) is 0.714. The Morgan fingerprint density at radius 2 is 1.74 bits per heavy atom. The van der Waals surface area contributed by atoms with Crippen LogP contribution >= 0.6 is 0 Å². The van der Waals surface area contributed by atoms with Gasteiger partial charge in [0.2, 0.25) is 11.8 Å². The van der Waals surface area contributed by atoms with E-state index in [1.54, 1.807) is 0 Å². The summed E-state index contributed by atoms with van der Waals surface area (Å²) in [5, 5.41) is 3.03. The van der Waals surface area contributed by atoms with Crippen LogP contribution in [0.15, 0.2) is 0 Å². The van der Waals surface area contributed by atoms with Gasteiger partial charge in [0.15, 0.2) is 0 Å². The molecular formula is C21H32N4O2. The first kappa shape index (κ1) is 19.8. The zero-order chi connectivity index (χ0) is 19.6. The van der Waals surface area contributed by atoms with E-state index in [-0.39, 0.29) is 23.7 Å². The van der Waals surface area contributed by atoms with Gasteiger partial charge in [-0.15, -0.1) is 0 Å². The van der Waals surface area contributed by atoms with E-state index >= 15 is 0 Å². The van der Waals surface area contributed by atoms with Crippen LogP contribution in [0.25, 0.3) is 0 Å². The zero-order valence-electron chi connectivity index (χ0n) is 17.0. The normalized spacial score (nSPS) is 19.6. The number of nitrogens with zero attached hydrogens (tertiary/aromatic N) is 3. The van der Waals surface area contributed by atoms with Crippen molar-refractivity contribution in [2.24, 2.45) is 5.92 Å². The summed E-state index contributed by atoms with van der Waals surface area (Å²) in [6.45, 7) is 9.56. The molecule has 1 saturated carbocycles. The Morgan fingerprint density at radius 1 is 1.11 bits per heavy atom. The summed E-state index contributed by atoms with van der Waals surface area (Å²) in [4.78, 5) is 36.2. The van der Waals surface area contributed by atoms with Crippen LogP contribution in [-0.2, 0) is 16.0 Å². The van der Waals surface area contributed by atoms with Gasteiger partial charge < -0.3 is 10.2 Å². The molecule has 0 radical (unpaired) electrons. The van der Waals surface area contributed by atoms with E-state index in [4.69, 9.17) is 9.97 Å². The van der Waals surface area contributed by atoms with Crippen LogP contribution in [0.5, 0.6) is 0 Å². The Kier molecular flexibility index (Phi) is 6.12. The van der Waals surface area contributed by atoms with Crippen molar-refractivity contribution in [1.29, 1.82) is 0 Å². The summed E-state index contributed by atoms with van der Waals surface area (Å²) in [6.07, 6.45) is 5.22. The van der Waals surface area contributed by atoms with Crippen LogP contribution < -0.4 is 5.32 Å². The number of nitrogens with one attached hydrogen (secondary N) is 1. The number of carbonyl (C=O) groups is 2. The summed E-state index contributed by atoms with van der Waals surface area (Å²) in [5.41, 5.74) is 2.70. The van der Waals surface area contributed by atoms with E-state index in [1.165, 1.54) is 0 Å². The zero-order valence-corrected chi connectivity index (χ0v) is 17.0. The van der Waals surface area contributed by atoms with Crippen LogP contribution in [0, 0.1) is 19.8 Å². The molecule has 27 heavy (non-hydrogen) atoms. The van der Waals surface area contributed by atoms with Gasteiger partial charge in [-0.05, 0) is 46.0 Å². The van der Waals surface area contributed by atoms with E-state index in [0.29, 0.717) is 19.0 Å². The third kappa shape index (κ3) is 4.66. The largest absolute Gasteiger partial charge is 0.353 e. The van der Waals surface area contributed by atoms with Gasteiger partial charge in [0.05, 0.1) is 6.42 Å². The van der Waals surface area contributed by atoms with E-state index in [1.807, 2.05) is 18.7 Å². The number of aromatic nitrogens is 2. The van der Waals surface area contributed by atoms with Crippen molar-refractivity contribution in [3.8, 4) is 0 Å². The Balaban J connectivity index is 1.67. The highest BCUT2D eigenvalue weighted by Gasteiger charge is 2.32. The highest BCUT2D eigenvalue weighted by Crippen LogP contribution is 2.28. The lowest BCUT2D eigenvalue weighted by molar-refractivity contribution is -0.134. The van der Waals surface area contributed by atoms with Gasteiger partial charge in [0.1, 0.15) is 5.82 Å². The molecule has 0 aromatic carbocycles. The Morgan fingerprint density at radius 3 is 2.30 bits per heavy atom. The van der Waals surface area contributed by atoms with Gasteiger partial charge in [-0.25, -0.2) is 9.97 Å². The van der Waals surface area contributed by atoms with Crippen molar-refractivity contribution < 1.29 is 9.59 Å². The third-order valence-corrected chi connectivity index (χ3v) is 5.92. The molecule has 0 spiro atoms. The molecule has 1 saturated heterocycles. The lowest BCUT2D eigenvalue weighted by Gasteiger charge is -2.22. The lowest BCUT2D eigenvalue weighted by Crippen LogP contribution is -2.34. The smallest absolute Gasteiger partial charge is 0.225 e. The maximum atomic E-state index is 12.6. The maximum Gasteiger partial charge on any atom is 0.225 e. The second kappa shape index (κ2) is 8.36. The van der Waals surface area contributed by atoms with E-state index < -0.39 is 0 Å². The summed E-state index contributed by atoms with van der Waals surface area (Å²) >= 11 is 0. The maximum absolute atomic E-state index is 12.6. The molecule has 2 amide bonds. The molecular weight excluding hydrogens is 340 g/mol. The van der Waals surface area contributed by atoms with Crippen LogP contribution in [0.2, 0.25) is 0 Å². The first-order valence-electron chi connectivity index (χ1n) is 10.3. The molecule has 2 fully saturated rings. The summed E-state index contributed by atoms with van der Waals surface area (Å²) < 4.78 is 0. The number of aryl methyl sites for hydroxylation is 2. The fourth-order valence-corrected chi connectivity index (χ4v) is 3.94. The van der Waals surface area contributed by atoms with Crippen molar-refractivity contribution in [2.75, 3.05) is 13.1 Å². The van der Waals surface area contributed by atoms with E-state index in [0.717, 1.165) is 61.4 Å². The van der Waals surface area contributed by atoms with E-state index in [2.05, 4.69) is 19.2 Å². The van der Waals surface area contributed by atoms with Crippen LogP contribution in [-0.4, -0.2) is 45.8 Å². The lowest BCUT2D eigenvalue weighted by atomic mass is 10.0. The SMILES string of the molecule is CCC(CC)C(=O)N1CC[C@@H](c2nc(C)c(CC(=O)NC3CC3)c(C)n2)C1. The summed E-state index contributed by atoms with van der Waals surface area (Å²) in [7, 11) is 0. The highest BCUT2D eigenvalue weighted by atomic mass is 16.2. The highest BCUT2D eigenvalue weighted by molar-refractivity contribution is 5.80. The third-order valence-electron chi connectivity index (χ3n) is 5.92. The Hall–Kier alpha value is -1.98. The molecule has 1 aliphatic heterocycles. The second-order valence-electron chi connectivity index (χ2n) is 8.03. The van der Waals surface area contributed by atoms with Gasteiger partial charge in [-0.1, -0.05) is 13.8 Å². The van der Waals surface area contributed by atoms with Gasteiger partial charge in [-0.3, -0.25) is 9.59 Å². The standard InChI is InChI=1S/C21H32N4O2/c1-5-15(6-2)21(27)25-10-9-16(12-25)20-22-13(3)18(14(4)23-20)11-19(26)24-17-7-8-17/h15-17H,5-12H2,1-4H3,(H,24,26)/t16-/m1/s1. The molecule has 2 heterocycles. The fourth-order valence-electron chi connectivity index (χ4n) is 3.94. The van der Waals surface area contributed by atoms with Crippen molar-refractivity contribution in [1.82, 2.24) is 20.2 Å².